The van der Waals surface area contributed by atoms with Crippen molar-refractivity contribution < 1.29 is 14.7 Å². The maximum atomic E-state index is 11.8. The maximum absolute atomic E-state index is 11.8. The first kappa shape index (κ1) is 13.0. The number of nitrogens with one attached hydrogen (secondary N) is 1. The minimum Gasteiger partial charge on any atom is -0.481 e. The number of hydrogen-bond acceptors (Lipinski definition) is 3. The molecule has 1 fully saturated rings. The Bertz CT molecular complexity index is 289. The van der Waals surface area contributed by atoms with Gasteiger partial charge in [0.15, 0.2) is 0 Å². The molecule has 0 bridgehead atoms. The number of rotatable bonds is 3. The highest BCUT2D eigenvalue weighted by molar-refractivity contribution is 5.86. The number of aliphatic carboxylic acids is 1. The summed E-state index contributed by atoms with van der Waals surface area (Å²) in [4.78, 5) is 24.8. The van der Waals surface area contributed by atoms with Crippen molar-refractivity contribution in [1.29, 1.82) is 0 Å². The lowest BCUT2D eigenvalue weighted by Gasteiger charge is -2.35. The molecule has 1 saturated heterocycles. The molecule has 92 valence electrons. The summed E-state index contributed by atoms with van der Waals surface area (Å²) in [6.45, 7) is 7.08. The Labute approximate surface area is 95.8 Å². The van der Waals surface area contributed by atoms with Gasteiger partial charge in [-0.2, -0.15) is 0 Å². The van der Waals surface area contributed by atoms with Crippen molar-refractivity contribution in [2.75, 3.05) is 19.6 Å². The van der Waals surface area contributed by atoms with Gasteiger partial charge in [0.2, 0.25) is 5.91 Å². The van der Waals surface area contributed by atoms with Gasteiger partial charge in [-0.1, -0.05) is 6.92 Å². The molecule has 0 spiro atoms. The Hall–Kier alpha value is -1.10. The molecule has 1 atom stereocenters. The lowest BCUT2D eigenvalue weighted by molar-refractivity contribution is -0.142. The van der Waals surface area contributed by atoms with Crippen LogP contribution in [0.25, 0.3) is 0 Å². The Morgan fingerprint density at radius 3 is 2.75 bits per heavy atom. The molecular weight excluding hydrogens is 208 g/mol. The van der Waals surface area contributed by atoms with Crippen LogP contribution in [0.2, 0.25) is 0 Å². The number of carboxylic acids is 1. The van der Waals surface area contributed by atoms with Crippen LogP contribution in [-0.4, -0.2) is 47.1 Å². The molecule has 0 aromatic rings. The van der Waals surface area contributed by atoms with E-state index in [1.807, 2.05) is 25.7 Å². The number of carbonyl (C=O) groups excluding carboxylic acids is 1. The quantitative estimate of drug-likeness (QED) is 0.729. The molecule has 2 N–H and O–H groups in total. The second-order valence-corrected chi connectivity index (χ2v) is 4.75. The summed E-state index contributed by atoms with van der Waals surface area (Å²) >= 11 is 0. The molecule has 0 aliphatic carbocycles. The SMILES string of the molecule is CCCN1CC(C(=O)O)CNC(=O)C1(C)C. The second-order valence-electron chi connectivity index (χ2n) is 4.75. The van der Waals surface area contributed by atoms with Crippen LogP contribution < -0.4 is 5.32 Å². The number of nitrogens with zero attached hydrogens (tertiary/aromatic N) is 1. The standard InChI is InChI=1S/C11H20N2O3/c1-4-5-13-7-8(9(14)15)6-12-10(16)11(13,2)3/h8H,4-7H2,1-3H3,(H,12,16)(H,14,15). The molecule has 0 aromatic heterocycles. The van der Waals surface area contributed by atoms with E-state index in [0.29, 0.717) is 6.54 Å². The molecule has 1 heterocycles. The van der Waals surface area contributed by atoms with Crippen molar-refractivity contribution in [2.45, 2.75) is 32.7 Å². The number of carboxylic acid groups (broad SMARTS) is 1. The van der Waals surface area contributed by atoms with Crippen LogP contribution in [0.1, 0.15) is 27.2 Å². The van der Waals surface area contributed by atoms with E-state index >= 15 is 0 Å². The van der Waals surface area contributed by atoms with Gasteiger partial charge >= 0.3 is 5.97 Å². The highest BCUT2D eigenvalue weighted by Gasteiger charge is 2.39. The van der Waals surface area contributed by atoms with E-state index in [1.165, 1.54) is 0 Å². The van der Waals surface area contributed by atoms with Gasteiger partial charge in [-0.25, -0.2) is 0 Å². The van der Waals surface area contributed by atoms with Gasteiger partial charge in [-0.05, 0) is 26.8 Å². The fourth-order valence-electron chi connectivity index (χ4n) is 1.94. The molecule has 1 aliphatic heterocycles. The summed E-state index contributed by atoms with van der Waals surface area (Å²) in [5.74, 6) is -1.46. The minimum atomic E-state index is -0.848. The summed E-state index contributed by atoms with van der Waals surface area (Å²) in [7, 11) is 0. The minimum absolute atomic E-state index is 0.0929. The zero-order valence-electron chi connectivity index (χ0n) is 10.1. The summed E-state index contributed by atoms with van der Waals surface area (Å²) in [6, 6.07) is 0. The predicted octanol–water partition coefficient (Wildman–Crippen LogP) is 0.308. The van der Waals surface area contributed by atoms with Crippen molar-refractivity contribution in [3.63, 3.8) is 0 Å². The van der Waals surface area contributed by atoms with E-state index in [2.05, 4.69) is 5.32 Å². The van der Waals surface area contributed by atoms with E-state index in [-0.39, 0.29) is 12.5 Å². The van der Waals surface area contributed by atoms with Gasteiger partial charge in [0, 0.05) is 13.1 Å². The molecule has 0 aromatic carbocycles. The Morgan fingerprint density at radius 2 is 2.25 bits per heavy atom. The monoisotopic (exact) mass is 228 g/mol. The molecule has 5 heteroatoms. The topological polar surface area (TPSA) is 69.6 Å². The molecule has 1 aliphatic rings. The first-order valence-electron chi connectivity index (χ1n) is 5.65. The third-order valence-corrected chi connectivity index (χ3v) is 3.14. The lowest BCUT2D eigenvalue weighted by atomic mass is 10.0. The Balaban J connectivity index is 2.89. The fourth-order valence-corrected chi connectivity index (χ4v) is 1.94. The van der Waals surface area contributed by atoms with Crippen LogP contribution in [0.5, 0.6) is 0 Å². The largest absolute Gasteiger partial charge is 0.481 e. The molecule has 1 unspecified atom stereocenters. The molecule has 0 saturated carbocycles. The van der Waals surface area contributed by atoms with E-state index < -0.39 is 17.4 Å². The Morgan fingerprint density at radius 1 is 1.62 bits per heavy atom. The first-order chi connectivity index (χ1) is 7.39. The van der Waals surface area contributed by atoms with Gasteiger partial charge in [0.05, 0.1) is 11.5 Å². The highest BCUT2D eigenvalue weighted by atomic mass is 16.4. The predicted molar refractivity (Wildman–Crippen MR) is 60.1 cm³/mol. The smallest absolute Gasteiger partial charge is 0.309 e. The van der Waals surface area contributed by atoms with Crippen LogP contribution in [0.3, 0.4) is 0 Å². The van der Waals surface area contributed by atoms with Crippen LogP contribution in [0.4, 0.5) is 0 Å². The van der Waals surface area contributed by atoms with Crippen molar-refractivity contribution in [1.82, 2.24) is 10.2 Å². The van der Waals surface area contributed by atoms with E-state index in [9.17, 15) is 9.59 Å². The normalized spacial score (nSPS) is 25.9. The number of hydrogen-bond donors (Lipinski definition) is 2. The van der Waals surface area contributed by atoms with Gasteiger partial charge < -0.3 is 10.4 Å². The number of carbonyl (C=O) groups is 2. The molecule has 1 rings (SSSR count). The third-order valence-electron chi connectivity index (χ3n) is 3.14. The van der Waals surface area contributed by atoms with E-state index in [1.54, 1.807) is 0 Å². The highest BCUT2D eigenvalue weighted by Crippen LogP contribution is 2.20. The fraction of sp³-hybridized carbons (Fsp3) is 0.818. The molecule has 16 heavy (non-hydrogen) atoms. The first-order valence-corrected chi connectivity index (χ1v) is 5.65. The van der Waals surface area contributed by atoms with Crippen LogP contribution >= 0.6 is 0 Å². The summed E-state index contributed by atoms with van der Waals surface area (Å²) < 4.78 is 0. The lowest BCUT2D eigenvalue weighted by Crippen LogP contribution is -2.53. The van der Waals surface area contributed by atoms with Crippen molar-refractivity contribution in [2.24, 2.45) is 5.92 Å². The third kappa shape index (κ3) is 2.52. The number of amides is 1. The van der Waals surface area contributed by atoms with E-state index in [4.69, 9.17) is 5.11 Å². The van der Waals surface area contributed by atoms with E-state index in [0.717, 1.165) is 13.0 Å². The summed E-state index contributed by atoms with van der Waals surface area (Å²) in [6.07, 6.45) is 0.906. The molecular formula is C11H20N2O3. The second kappa shape index (κ2) is 4.82. The maximum Gasteiger partial charge on any atom is 0.309 e. The average Bonchev–Trinajstić information content (AvgIpc) is 2.30. The van der Waals surface area contributed by atoms with Crippen LogP contribution in [0.15, 0.2) is 0 Å². The van der Waals surface area contributed by atoms with Crippen molar-refractivity contribution >= 4 is 11.9 Å². The van der Waals surface area contributed by atoms with Crippen LogP contribution in [0, 0.1) is 5.92 Å². The van der Waals surface area contributed by atoms with Gasteiger partial charge in [0.25, 0.3) is 0 Å². The average molecular weight is 228 g/mol. The van der Waals surface area contributed by atoms with Gasteiger partial charge in [-0.15, -0.1) is 0 Å². The zero-order chi connectivity index (χ0) is 12.3. The molecule has 0 radical (unpaired) electrons. The Kier molecular flexibility index (Phi) is 3.91. The van der Waals surface area contributed by atoms with Crippen molar-refractivity contribution in [3.8, 4) is 0 Å². The molecule has 5 nitrogen and oxygen atoms in total. The van der Waals surface area contributed by atoms with Crippen LogP contribution in [-0.2, 0) is 9.59 Å². The zero-order valence-corrected chi connectivity index (χ0v) is 10.1. The summed E-state index contributed by atoms with van der Waals surface area (Å²) in [5.41, 5.74) is -0.625. The molecule has 1 amide bonds. The summed E-state index contributed by atoms with van der Waals surface area (Å²) in [5, 5.41) is 11.7. The van der Waals surface area contributed by atoms with Crippen molar-refractivity contribution in [3.05, 3.63) is 0 Å². The van der Waals surface area contributed by atoms with Gasteiger partial charge in [-0.3, -0.25) is 14.5 Å². The van der Waals surface area contributed by atoms with Gasteiger partial charge in [0.1, 0.15) is 0 Å².